The molecule has 1 aliphatic rings. The molecule has 1 aromatic heterocycles. The van der Waals surface area contributed by atoms with Crippen LogP contribution in [0.15, 0.2) is 20.8 Å². The molecular weight excluding hydrogens is 270 g/mol. The van der Waals surface area contributed by atoms with Crippen LogP contribution in [0.4, 0.5) is 5.69 Å². The Balaban J connectivity index is 2.54. The third-order valence-corrected chi connectivity index (χ3v) is 4.85. The van der Waals surface area contributed by atoms with Gasteiger partial charge in [-0.2, -0.15) is 4.57 Å². The molecule has 4 nitrogen and oxygen atoms in total. The molecule has 98 valence electrons. The third kappa shape index (κ3) is 2.35. The van der Waals surface area contributed by atoms with E-state index in [2.05, 4.69) is 10.7 Å². The molecule has 6 heteroatoms. The summed E-state index contributed by atoms with van der Waals surface area (Å²) in [6, 6.07) is 0. The molecule has 0 unspecified atom stereocenters. The fourth-order valence-electron chi connectivity index (χ4n) is 1.73. The predicted octanol–water partition coefficient (Wildman–Crippen LogP) is 1.32. The lowest BCUT2D eigenvalue weighted by Gasteiger charge is -2.07. The zero-order valence-corrected chi connectivity index (χ0v) is 12.4. The monoisotopic (exact) mass is 287 g/mol. The number of nitrogens with one attached hydrogen (secondary N) is 1. The van der Waals surface area contributed by atoms with Gasteiger partial charge in [-0.15, -0.1) is 11.6 Å². The molecule has 18 heavy (non-hydrogen) atoms. The quantitative estimate of drug-likeness (QED) is 0.518. The van der Waals surface area contributed by atoms with Crippen LogP contribution in [0.5, 0.6) is 0 Å². The largest absolute Gasteiger partial charge is 0.399 e. The number of thioether (sulfide) groups is 1. The van der Waals surface area contributed by atoms with Crippen LogP contribution in [0.1, 0.15) is 32.5 Å². The second kappa shape index (κ2) is 4.72. The summed E-state index contributed by atoms with van der Waals surface area (Å²) in [4.78, 5) is 16.2. The summed E-state index contributed by atoms with van der Waals surface area (Å²) in [5.74, 6) is 0.785. The van der Waals surface area contributed by atoms with Crippen LogP contribution < -0.4 is 16.3 Å². The van der Waals surface area contributed by atoms with Crippen molar-refractivity contribution in [3.8, 4) is 0 Å². The molecule has 0 atom stereocenters. The summed E-state index contributed by atoms with van der Waals surface area (Å²) < 4.78 is 1.58. The van der Waals surface area contributed by atoms with Gasteiger partial charge in [0.05, 0.1) is 7.05 Å². The second-order valence-electron chi connectivity index (χ2n) is 4.61. The van der Waals surface area contributed by atoms with Crippen LogP contribution in [0.3, 0.4) is 0 Å². The Morgan fingerprint density at radius 2 is 2.22 bits per heavy atom. The first kappa shape index (κ1) is 13.6. The molecule has 0 aliphatic heterocycles. The minimum atomic E-state index is -0.388. The van der Waals surface area contributed by atoms with E-state index in [-0.39, 0.29) is 10.4 Å². The molecule has 1 aromatic rings. The van der Waals surface area contributed by atoms with E-state index >= 15 is 0 Å². The third-order valence-electron chi connectivity index (χ3n) is 3.19. The van der Waals surface area contributed by atoms with Crippen molar-refractivity contribution in [2.45, 2.75) is 36.6 Å². The Hall–Kier alpha value is -0.780. The summed E-state index contributed by atoms with van der Waals surface area (Å²) >= 11 is 7.93. The molecule has 0 radical (unpaired) electrons. The number of rotatable bonds is 3. The average Bonchev–Trinajstić information content (AvgIpc) is 3.08. The van der Waals surface area contributed by atoms with Crippen LogP contribution in [-0.4, -0.2) is 4.57 Å². The fourth-order valence-corrected chi connectivity index (χ4v) is 2.80. The molecule has 0 spiro atoms. The topological polar surface area (TPSA) is 63.8 Å². The number of quaternary nitrogens is 1. The van der Waals surface area contributed by atoms with Gasteiger partial charge in [0.2, 0.25) is 5.03 Å². The highest BCUT2D eigenvalue weighted by Crippen LogP contribution is 2.50. The fraction of sp³-hybridized carbons (Fsp3) is 0.500. The summed E-state index contributed by atoms with van der Waals surface area (Å²) in [5, 5.41) is 0.788. The Labute approximate surface area is 115 Å². The summed E-state index contributed by atoms with van der Waals surface area (Å²) in [6.45, 7) is 3.97. The van der Waals surface area contributed by atoms with Crippen molar-refractivity contribution >= 4 is 29.1 Å². The zero-order valence-electron chi connectivity index (χ0n) is 10.8. The van der Waals surface area contributed by atoms with Crippen molar-refractivity contribution < 1.29 is 10.7 Å². The molecule has 1 heterocycles. The second-order valence-corrected chi connectivity index (χ2v) is 6.59. The van der Waals surface area contributed by atoms with E-state index in [0.717, 1.165) is 28.6 Å². The number of nitrogens with zero attached hydrogens (tertiary/aromatic N) is 1. The Bertz CT molecular complexity index is 575. The molecule has 0 aromatic carbocycles. The molecule has 4 N–H and O–H groups in total. The molecule has 2 rings (SSSR count). The van der Waals surface area contributed by atoms with Crippen LogP contribution in [-0.2, 0) is 11.9 Å². The van der Waals surface area contributed by atoms with E-state index < -0.39 is 0 Å². The number of H-pyrrole nitrogens is 1. The minimum absolute atomic E-state index is 0.0814. The highest BCUT2D eigenvalue weighted by atomic mass is 35.5. The van der Waals surface area contributed by atoms with E-state index in [9.17, 15) is 4.79 Å². The van der Waals surface area contributed by atoms with Gasteiger partial charge in [-0.1, -0.05) is 6.08 Å². The van der Waals surface area contributed by atoms with E-state index in [1.165, 1.54) is 11.8 Å². The van der Waals surface area contributed by atoms with E-state index in [1.54, 1.807) is 11.6 Å². The van der Waals surface area contributed by atoms with E-state index in [0.29, 0.717) is 5.69 Å². The SMILES string of the molecule is CC=C(C)Sc1[nH+]c(C2(Cl)CC2)n(C)c(=O)c1[NH3+]. The van der Waals surface area contributed by atoms with E-state index in [1.807, 2.05) is 19.9 Å². The summed E-state index contributed by atoms with van der Waals surface area (Å²) in [7, 11) is 1.74. The lowest BCUT2D eigenvalue weighted by Crippen LogP contribution is -2.51. The van der Waals surface area contributed by atoms with Crippen LogP contribution in [0.25, 0.3) is 0 Å². The first-order valence-electron chi connectivity index (χ1n) is 5.87. The van der Waals surface area contributed by atoms with Crippen molar-refractivity contribution in [1.82, 2.24) is 4.57 Å². The predicted molar refractivity (Wildman–Crippen MR) is 72.8 cm³/mol. The maximum absolute atomic E-state index is 12.1. The summed E-state index contributed by atoms with van der Waals surface area (Å²) in [5.41, 5.74) is 4.27. The number of alkyl halides is 1. The van der Waals surface area contributed by atoms with Crippen LogP contribution >= 0.6 is 23.4 Å². The number of aromatic nitrogens is 2. The minimum Gasteiger partial charge on any atom is -0.314 e. The van der Waals surface area contributed by atoms with Gasteiger partial charge in [0.25, 0.3) is 11.5 Å². The maximum atomic E-state index is 12.1. The molecule has 0 bridgehead atoms. The lowest BCUT2D eigenvalue weighted by atomic mass is 10.3. The van der Waals surface area contributed by atoms with Crippen molar-refractivity contribution in [2.24, 2.45) is 7.05 Å². The van der Waals surface area contributed by atoms with Crippen molar-refractivity contribution in [3.63, 3.8) is 0 Å². The van der Waals surface area contributed by atoms with Gasteiger partial charge in [0.15, 0.2) is 0 Å². The van der Waals surface area contributed by atoms with Gasteiger partial charge in [-0.25, -0.2) is 9.78 Å². The lowest BCUT2D eigenvalue weighted by molar-refractivity contribution is -0.458. The van der Waals surface area contributed by atoms with Gasteiger partial charge < -0.3 is 5.73 Å². The number of allylic oxidation sites excluding steroid dienone is 2. The highest BCUT2D eigenvalue weighted by Gasteiger charge is 2.51. The standard InChI is InChI=1S/C12H16ClN3OS/c1-4-7(2)18-9-8(14)10(17)16(3)11(15-9)12(13)5-6-12/h4H,5-6,14H2,1-3H3/p+2. The Morgan fingerprint density at radius 1 is 1.61 bits per heavy atom. The van der Waals surface area contributed by atoms with Crippen molar-refractivity contribution in [2.75, 3.05) is 0 Å². The number of halogens is 1. The van der Waals surface area contributed by atoms with Gasteiger partial charge in [-0.3, -0.25) is 0 Å². The first-order valence-corrected chi connectivity index (χ1v) is 7.07. The normalized spacial score (nSPS) is 17.9. The molecule has 0 amide bonds. The number of aromatic amines is 1. The molecular formula is C12H18ClN3OS+2. The smallest absolute Gasteiger partial charge is 0.314 e. The molecule has 0 saturated heterocycles. The molecule has 1 fully saturated rings. The Morgan fingerprint density at radius 3 is 2.72 bits per heavy atom. The highest BCUT2D eigenvalue weighted by molar-refractivity contribution is 8.03. The molecule has 1 saturated carbocycles. The van der Waals surface area contributed by atoms with E-state index in [4.69, 9.17) is 11.6 Å². The van der Waals surface area contributed by atoms with Crippen molar-refractivity contribution in [1.29, 1.82) is 0 Å². The van der Waals surface area contributed by atoms with Crippen LogP contribution in [0, 0.1) is 0 Å². The Kier molecular flexibility index (Phi) is 3.58. The van der Waals surface area contributed by atoms with Crippen molar-refractivity contribution in [3.05, 3.63) is 27.2 Å². The van der Waals surface area contributed by atoms with Gasteiger partial charge in [-0.05, 0) is 43.4 Å². The maximum Gasteiger partial charge on any atom is 0.399 e. The average molecular weight is 288 g/mol. The number of hydrogen-bond donors (Lipinski definition) is 1. The van der Waals surface area contributed by atoms with Crippen LogP contribution in [0.2, 0.25) is 0 Å². The zero-order chi connectivity index (χ0) is 13.5. The van der Waals surface area contributed by atoms with Gasteiger partial charge in [0, 0.05) is 0 Å². The van der Waals surface area contributed by atoms with Gasteiger partial charge in [0.1, 0.15) is 4.87 Å². The number of hydrogen-bond acceptors (Lipinski definition) is 2. The van der Waals surface area contributed by atoms with Gasteiger partial charge >= 0.3 is 5.56 Å². The first-order chi connectivity index (χ1) is 8.39. The molecule has 1 aliphatic carbocycles. The summed E-state index contributed by atoms with van der Waals surface area (Å²) in [6.07, 6.45) is 3.81.